The molecule has 2 aromatic rings. The van der Waals surface area contributed by atoms with Crippen LogP contribution in [0.4, 0.5) is 0 Å². The first-order valence-electron chi connectivity index (χ1n) is 6.19. The molecule has 0 fully saturated rings. The van der Waals surface area contributed by atoms with Gasteiger partial charge < -0.3 is 5.73 Å². The lowest BCUT2D eigenvalue weighted by atomic mass is 10.2. The Labute approximate surface area is 123 Å². The van der Waals surface area contributed by atoms with Gasteiger partial charge in [-0.15, -0.1) is 0 Å². The predicted molar refractivity (Wildman–Crippen MR) is 77.5 cm³/mol. The molecule has 0 amide bonds. The number of sulfonamides is 1. The molecule has 0 spiro atoms. The Bertz CT molecular complexity index is 759. The maximum Gasteiger partial charge on any atom is 0.241 e. The molecule has 4 N–H and O–H groups in total. The van der Waals surface area contributed by atoms with Gasteiger partial charge in [0.05, 0.1) is 17.5 Å². The molecule has 1 aromatic carbocycles. The third-order valence-electron chi connectivity index (χ3n) is 2.65. The van der Waals surface area contributed by atoms with Crippen LogP contribution in [0.15, 0.2) is 35.5 Å². The van der Waals surface area contributed by atoms with Crippen LogP contribution in [0.3, 0.4) is 0 Å². The molecule has 8 heteroatoms. The summed E-state index contributed by atoms with van der Waals surface area (Å²) in [5.41, 5.74) is 5.89. The van der Waals surface area contributed by atoms with Crippen LogP contribution < -0.4 is 10.5 Å². The van der Waals surface area contributed by atoms with Gasteiger partial charge in [0, 0.05) is 5.56 Å². The Balaban J connectivity index is 2.23. The molecule has 0 radical (unpaired) electrons. The van der Waals surface area contributed by atoms with E-state index < -0.39 is 16.1 Å². The molecule has 0 saturated heterocycles. The Morgan fingerprint density at radius 2 is 2.29 bits per heavy atom. The van der Waals surface area contributed by atoms with E-state index in [0.29, 0.717) is 11.4 Å². The van der Waals surface area contributed by atoms with Crippen molar-refractivity contribution in [3.8, 4) is 11.8 Å². The molecule has 0 saturated carbocycles. The molecule has 110 valence electrons. The Morgan fingerprint density at radius 1 is 1.48 bits per heavy atom. The highest BCUT2D eigenvalue weighted by Gasteiger charge is 2.19. The smallest absolute Gasteiger partial charge is 0.241 e. The average Bonchev–Trinajstić information content (AvgIpc) is 2.99. The number of hydrogen-bond acceptors (Lipinski definition) is 5. The highest BCUT2D eigenvalue weighted by atomic mass is 32.2. The third-order valence-corrected chi connectivity index (χ3v) is 4.19. The number of rotatable bonds is 4. The summed E-state index contributed by atoms with van der Waals surface area (Å²) in [6.07, 6.45) is 1.32. The second-order valence-corrected chi connectivity index (χ2v) is 5.96. The number of aromatic amines is 1. The molecular formula is C13H15N5O2S. The lowest BCUT2D eigenvalue weighted by Gasteiger charge is -2.11. The van der Waals surface area contributed by atoms with Crippen molar-refractivity contribution >= 4 is 10.0 Å². The average molecular weight is 305 g/mol. The zero-order valence-corrected chi connectivity index (χ0v) is 12.2. The molecule has 0 bridgehead atoms. The van der Waals surface area contributed by atoms with Crippen molar-refractivity contribution in [1.82, 2.24) is 19.9 Å². The normalized spacial score (nSPS) is 12.5. The van der Waals surface area contributed by atoms with Crippen molar-refractivity contribution in [2.75, 3.05) is 6.54 Å². The van der Waals surface area contributed by atoms with Gasteiger partial charge in [-0.05, 0) is 25.1 Å². The maximum absolute atomic E-state index is 12.3. The van der Waals surface area contributed by atoms with E-state index in [9.17, 15) is 8.42 Å². The van der Waals surface area contributed by atoms with E-state index in [1.165, 1.54) is 18.5 Å². The van der Waals surface area contributed by atoms with Crippen molar-refractivity contribution in [1.29, 1.82) is 0 Å². The molecule has 0 aliphatic carbocycles. The molecule has 0 aliphatic heterocycles. The number of nitrogens with two attached hydrogens (primary N) is 1. The van der Waals surface area contributed by atoms with Crippen LogP contribution in [0.25, 0.3) is 0 Å². The molecule has 2 rings (SSSR count). The number of hydrogen-bond donors (Lipinski definition) is 3. The van der Waals surface area contributed by atoms with E-state index in [-0.39, 0.29) is 11.4 Å². The van der Waals surface area contributed by atoms with E-state index >= 15 is 0 Å². The molecule has 1 unspecified atom stereocenters. The minimum absolute atomic E-state index is 0.137. The largest absolute Gasteiger partial charge is 0.320 e. The van der Waals surface area contributed by atoms with Crippen LogP contribution in [0, 0.1) is 11.8 Å². The summed E-state index contributed by atoms with van der Waals surface area (Å²) in [6.45, 7) is 1.90. The lowest BCUT2D eigenvalue weighted by molar-refractivity contribution is 0.560. The van der Waals surface area contributed by atoms with E-state index in [1.54, 1.807) is 19.1 Å². The van der Waals surface area contributed by atoms with Crippen LogP contribution in [-0.4, -0.2) is 30.1 Å². The van der Waals surface area contributed by atoms with E-state index in [1.807, 2.05) is 0 Å². The number of aromatic nitrogens is 3. The summed E-state index contributed by atoms with van der Waals surface area (Å²) in [5.74, 6) is 5.93. The van der Waals surface area contributed by atoms with Crippen molar-refractivity contribution in [2.24, 2.45) is 5.73 Å². The number of nitrogens with zero attached hydrogens (tertiary/aromatic N) is 2. The summed E-state index contributed by atoms with van der Waals surface area (Å²) in [7, 11) is -3.67. The quantitative estimate of drug-likeness (QED) is 0.696. The standard InChI is InChI=1S/C13H15N5O2S/c1-10(13-15-9-16-17-13)18-21(19,20)12-6-2-4-11(8-12)5-3-7-14/h2,4,6,8-10,18H,7,14H2,1H3,(H,15,16,17). The van der Waals surface area contributed by atoms with Crippen LogP contribution >= 0.6 is 0 Å². The first kappa shape index (κ1) is 15.2. The van der Waals surface area contributed by atoms with E-state index in [4.69, 9.17) is 5.73 Å². The van der Waals surface area contributed by atoms with Gasteiger partial charge in [0.2, 0.25) is 10.0 Å². The van der Waals surface area contributed by atoms with Crippen LogP contribution in [-0.2, 0) is 10.0 Å². The molecule has 1 aromatic heterocycles. The summed E-state index contributed by atoms with van der Waals surface area (Å²) in [6, 6.07) is 5.84. The van der Waals surface area contributed by atoms with E-state index in [2.05, 4.69) is 31.7 Å². The SMILES string of the molecule is CC(NS(=O)(=O)c1cccc(C#CCN)c1)c1ncn[nH]1. The van der Waals surface area contributed by atoms with Gasteiger partial charge in [0.25, 0.3) is 0 Å². The Kier molecular flexibility index (Phi) is 4.70. The zero-order chi connectivity index (χ0) is 15.3. The van der Waals surface area contributed by atoms with Crippen LogP contribution in [0.2, 0.25) is 0 Å². The maximum atomic E-state index is 12.3. The van der Waals surface area contributed by atoms with Gasteiger partial charge in [0.1, 0.15) is 12.2 Å². The fraction of sp³-hybridized carbons (Fsp3) is 0.231. The molecular weight excluding hydrogens is 290 g/mol. The molecule has 0 aliphatic rings. The van der Waals surface area contributed by atoms with Gasteiger partial charge in [0.15, 0.2) is 0 Å². The third kappa shape index (κ3) is 3.88. The van der Waals surface area contributed by atoms with Gasteiger partial charge in [-0.2, -0.15) is 5.10 Å². The topological polar surface area (TPSA) is 114 Å². The summed E-state index contributed by atoms with van der Waals surface area (Å²) >= 11 is 0. The summed E-state index contributed by atoms with van der Waals surface area (Å²) in [5, 5.41) is 6.32. The Hall–Kier alpha value is -2.21. The minimum Gasteiger partial charge on any atom is -0.320 e. The molecule has 1 heterocycles. The van der Waals surface area contributed by atoms with Gasteiger partial charge >= 0.3 is 0 Å². The van der Waals surface area contributed by atoms with Crippen LogP contribution in [0.5, 0.6) is 0 Å². The fourth-order valence-corrected chi connectivity index (χ4v) is 2.93. The van der Waals surface area contributed by atoms with Gasteiger partial charge in [-0.1, -0.05) is 17.9 Å². The van der Waals surface area contributed by atoms with Gasteiger partial charge in [-0.3, -0.25) is 5.10 Å². The van der Waals surface area contributed by atoms with Crippen molar-refractivity contribution in [3.63, 3.8) is 0 Å². The highest BCUT2D eigenvalue weighted by Crippen LogP contribution is 2.15. The molecule has 1 atom stereocenters. The van der Waals surface area contributed by atoms with Crippen LogP contribution in [0.1, 0.15) is 24.4 Å². The van der Waals surface area contributed by atoms with Crippen molar-refractivity contribution in [3.05, 3.63) is 42.0 Å². The first-order valence-corrected chi connectivity index (χ1v) is 7.68. The number of nitrogens with one attached hydrogen (secondary N) is 2. The monoisotopic (exact) mass is 305 g/mol. The number of H-pyrrole nitrogens is 1. The predicted octanol–water partition coefficient (Wildman–Crippen LogP) is 0.154. The highest BCUT2D eigenvalue weighted by molar-refractivity contribution is 7.89. The second-order valence-electron chi connectivity index (χ2n) is 4.25. The second kappa shape index (κ2) is 6.49. The van der Waals surface area contributed by atoms with Gasteiger partial charge in [-0.25, -0.2) is 18.1 Å². The summed E-state index contributed by atoms with van der Waals surface area (Å²) in [4.78, 5) is 4.06. The molecule has 7 nitrogen and oxygen atoms in total. The molecule has 21 heavy (non-hydrogen) atoms. The first-order chi connectivity index (χ1) is 10.0. The zero-order valence-electron chi connectivity index (χ0n) is 11.4. The number of benzene rings is 1. The van der Waals surface area contributed by atoms with Crippen molar-refractivity contribution < 1.29 is 8.42 Å². The summed E-state index contributed by atoms with van der Waals surface area (Å²) < 4.78 is 27.2. The van der Waals surface area contributed by atoms with E-state index in [0.717, 1.165) is 0 Å². The van der Waals surface area contributed by atoms with Crippen molar-refractivity contribution in [2.45, 2.75) is 17.9 Å². The minimum atomic E-state index is -3.67. The lowest BCUT2D eigenvalue weighted by Crippen LogP contribution is -2.27. The fourth-order valence-electron chi connectivity index (χ4n) is 1.67. The Morgan fingerprint density at radius 3 is 2.95 bits per heavy atom.